The summed E-state index contributed by atoms with van der Waals surface area (Å²) >= 11 is 17.7. The Bertz CT molecular complexity index is 748. The number of ether oxygens (including phenoxy) is 1. The Morgan fingerprint density at radius 3 is 2.24 bits per heavy atom. The van der Waals surface area contributed by atoms with E-state index in [1.165, 1.54) is 12.1 Å². The van der Waals surface area contributed by atoms with Gasteiger partial charge in [0.1, 0.15) is 5.75 Å². The molecule has 1 atom stereocenters. The van der Waals surface area contributed by atoms with Crippen LogP contribution < -0.4 is 15.8 Å². The van der Waals surface area contributed by atoms with Gasteiger partial charge in [-0.2, -0.15) is 0 Å². The number of alkyl halides is 3. The minimum atomic E-state index is -1.96. The zero-order valence-corrected chi connectivity index (χ0v) is 15.2. The largest absolute Gasteiger partial charge is 0.465 e. The molecule has 0 bridgehead atoms. The first-order valence-corrected chi connectivity index (χ1v) is 8.36. The second-order valence-corrected chi connectivity index (χ2v) is 7.50. The Morgan fingerprint density at radius 1 is 1.04 bits per heavy atom. The Hall–Kier alpha value is -1.95. The lowest BCUT2D eigenvalue weighted by Crippen LogP contribution is -2.48. The van der Waals surface area contributed by atoms with Crippen molar-refractivity contribution in [3.8, 4) is 5.75 Å². The minimum absolute atomic E-state index is 0.0823. The van der Waals surface area contributed by atoms with E-state index in [0.29, 0.717) is 0 Å². The lowest BCUT2D eigenvalue weighted by molar-refractivity contribution is -0.122. The van der Waals surface area contributed by atoms with Gasteiger partial charge in [-0.15, -0.1) is 0 Å². The number of hydrogen-bond donors (Lipinski definition) is 2. The smallest absolute Gasteiger partial charge is 0.252 e. The van der Waals surface area contributed by atoms with Crippen molar-refractivity contribution in [1.82, 2.24) is 5.32 Å². The van der Waals surface area contributed by atoms with E-state index >= 15 is 0 Å². The summed E-state index contributed by atoms with van der Waals surface area (Å²) in [6.45, 7) is 0. The van der Waals surface area contributed by atoms with Crippen LogP contribution in [-0.2, 0) is 11.2 Å². The molecule has 0 radical (unpaired) electrons. The van der Waals surface area contributed by atoms with Gasteiger partial charge in [0.05, 0.1) is 12.0 Å². The van der Waals surface area contributed by atoms with Crippen molar-refractivity contribution < 1.29 is 14.3 Å². The fourth-order valence-corrected chi connectivity index (χ4v) is 2.35. The van der Waals surface area contributed by atoms with Crippen molar-refractivity contribution >= 4 is 46.6 Å². The molecule has 0 heterocycles. The summed E-state index contributed by atoms with van der Waals surface area (Å²) < 4.78 is 3.59. The van der Waals surface area contributed by atoms with E-state index in [2.05, 4.69) is 5.32 Å². The summed E-state index contributed by atoms with van der Waals surface area (Å²) in [5.74, 6) is -1.00. The highest BCUT2D eigenvalue weighted by molar-refractivity contribution is 6.68. The summed E-state index contributed by atoms with van der Waals surface area (Å²) in [7, 11) is 0. The van der Waals surface area contributed by atoms with Crippen LogP contribution in [0, 0.1) is 0 Å². The quantitative estimate of drug-likeness (QED) is 0.576. The van der Waals surface area contributed by atoms with Crippen molar-refractivity contribution in [3.63, 3.8) is 0 Å². The number of primary amides is 1. The van der Waals surface area contributed by atoms with Gasteiger partial charge in [-0.05, 0) is 17.7 Å². The molecule has 2 rings (SSSR count). The third-order valence-electron chi connectivity index (χ3n) is 3.19. The van der Waals surface area contributed by atoms with Crippen molar-refractivity contribution in [2.75, 3.05) is 0 Å². The molecule has 0 spiro atoms. The van der Waals surface area contributed by atoms with Crippen LogP contribution >= 0.6 is 34.8 Å². The summed E-state index contributed by atoms with van der Waals surface area (Å²) in [5.41, 5.74) is 6.20. The van der Waals surface area contributed by atoms with Crippen LogP contribution in [0.5, 0.6) is 5.75 Å². The molecule has 0 aliphatic carbocycles. The van der Waals surface area contributed by atoms with Gasteiger partial charge in [-0.25, -0.2) is 0 Å². The van der Waals surface area contributed by atoms with E-state index in [4.69, 9.17) is 45.3 Å². The van der Waals surface area contributed by atoms with E-state index in [-0.39, 0.29) is 17.7 Å². The number of halogens is 3. The summed E-state index contributed by atoms with van der Waals surface area (Å²) in [6, 6.07) is 15.3. The molecule has 0 aromatic heterocycles. The first kappa shape index (κ1) is 19.4. The van der Waals surface area contributed by atoms with Crippen LogP contribution in [0.25, 0.3) is 0 Å². The van der Waals surface area contributed by atoms with Gasteiger partial charge in [0.15, 0.2) is 0 Å². The second kappa shape index (κ2) is 8.43. The lowest BCUT2D eigenvalue weighted by Gasteiger charge is -2.27. The fourth-order valence-electron chi connectivity index (χ4n) is 2.06. The molecule has 2 aromatic carbocycles. The third-order valence-corrected chi connectivity index (χ3v) is 3.79. The Labute approximate surface area is 160 Å². The molecule has 0 aliphatic rings. The van der Waals surface area contributed by atoms with Gasteiger partial charge in [0.25, 0.3) is 5.91 Å². The second-order valence-electron chi connectivity index (χ2n) is 5.13. The standard InChI is InChI=1S/C17H15Cl3N2O3/c18-17(19,20)16(22-14(23)10-11-6-2-1-3-7-11)25-13-9-5-4-8-12(13)15(21)24/h1-9,16H,10H2,(H2,21,24)(H,22,23). The summed E-state index contributed by atoms with van der Waals surface area (Å²) in [5, 5.41) is 2.51. The number of nitrogens with one attached hydrogen (secondary N) is 1. The van der Waals surface area contributed by atoms with Crippen LogP contribution in [0.2, 0.25) is 0 Å². The lowest BCUT2D eigenvalue weighted by atomic mass is 10.1. The topological polar surface area (TPSA) is 81.4 Å². The molecule has 0 aliphatic heterocycles. The molecule has 132 valence electrons. The fraction of sp³-hybridized carbons (Fsp3) is 0.176. The predicted octanol–water partition coefficient (Wildman–Crippen LogP) is 3.22. The van der Waals surface area contributed by atoms with Gasteiger partial charge in [-0.1, -0.05) is 77.3 Å². The predicted molar refractivity (Wildman–Crippen MR) is 98.0 cm³/mol. The van der Waals surface area contributed by atoms with Crippen LogP contribution in [0.3, 0.4) is 0 Å². The monoisotopic (exact) mass is 400 g/mol. The molecule has 0 saturated carbocycles. The maximum absolute atomic E-state index is 12.2. The molecule has 1 unspecified atom stereocenters. The third kappa shape index (κ3) is 5.81. The molecular formula is C17H15Cl3N2O3. The van der Waals surface area contributed by atoms with Crippen LogP contribution in [-0.4, -0.2) is 21.8 Å². The van der Waals surface area contributed by atoms with Gasteiger partial charge in [0, 0.05) is 0 Å². The maximum Gasteiger partial charge on any atom is 0.252 e. The average molecular weight is 402 g/mol. The number of carbonyl (C=O) groups excluding carboxylic acids is 2. The summed E-state index contributed by atoms with van der Waals surface area (Å²) in [6.07, 6.45) is -1.23. The van der Waals surface area contributed by atoms with Crippen molar-refractivity contribution in [2.24, 2.45) is 5.73 Å². The first-order chi connectivity index (χ1) is 11.8. The van der Waals surface area contributed by atoms with E-state index in [0.717, 1.165) is 5.56 Å². The maximum atomic E-state index is 12.2. The van der Waals surface area contributed by atoms with Gasteiger partial charge in [0.2, 0.25) is 15.9 Å². The van der Waals surface area contributed by atoms with E-state index in [9.17, 15) is 9.59 Å². The van der Waals surface area contributed by atoms with E-state index in [1.807, 2.05) is 18.2 Å². The average Bonchev–Trinajstić information content (AvgIpc) is 2.54. The van der Waals surface area contributed by atoms with E-state index < -0.39 is 21.8 Å². The van der Waals surface area contributed by atoms with Crippen LogP contribution in [0.1, 0.15) is 15.9 Å². The molecule has 5 nitrogen and oxygen atoms in total. The van der Waals surface area contributed by atoms with Crippen LogP contribution in [0.15, 0.2) is 54.6 Å². The number of benzene rings is 2. The molecule has 2 aromatic rings. The molecule has 25 heavy (non-hydrogen) atoms. The number of amides is 2. The molecule has 2 amide bonds. The number of para-hydroxylation sites is 1. The number of rotatable bonds is 6. The number of carbonyl (C=O) groups is 2. The minimum Gasteiger partial charge on any atom is -0.465 e. The Kier molecular flexibility index (Phi) is 6.53. The zero-order chi connectivity index (χ0) is 18.4. The number of hydrogen-bond acceptors (Lipinski definition) is 3. The first-order valence-electron chi connectivity index (χ1n) is 7.23. The Morgan fingerprint density at radius 2 is 1.64 bits per heavy atom. The van der Waals surface area contributed by atoms with E-state index in [1.54, 1.807) is 24.3 Å². The van der Waals surface area contributed by atoms with Crippen molar-refractivity contribution in [2.45, 2.75) is 16.4 Å². The number of nitrogens with two attached hydrogens (primary N) is 1. The highest BCUT2D eigenvalue weighted by atomic mass is 35.6. The normalized spacial score (nSPS) is 12.3. The SMILES string of the molecule is NC(=O)c1ccccc1OC(NC(=O)Cc1ccccc1)C(Cl)(Cl)Cl. The molecule has 8 heteroatoms. The van der Waals surface area contributed by atoms with Crippen molar-refractivity contribution in [3.05, 3.63) is 65.7 Å². The van der Waals surface area contributed by atoms with Gasteiger partial charge >= 0.3 is 0 Å². The molecular weight excluding hydrogens is 387 g/mol. The van der Waals surface area contributed by atoms with Gasteiger partial charge < -0.3 is 15.8 Å². The van der Waals surface area contributed by atoms with Crippen molar-refractivity contribution in [1.29, 1.82) is 0 Å². The molecule has 3 N–H and O–H groups in total. The van der Waals surface area contributed by atoms with Gasteiger partial charge in [-0.3, -0.25) is 9.59 Å². The molecule has 0 saturated heterocycles. The Balaban J connectivity index is 2.15. The highest BCUT2D eigenvalue weighted by Gasteiger charge is 2.36. The molecule has 0 fully saturated rings. The zero-order valence-electron chi connectivity index (χ0n) is 12.9. The van der Waals surface area contributed by atoms with Crippen LogP contribution in [0.4, 0.5) is 0 Å². The highest BCUT2D eigenvalue weighted by Crippen LogP contribution is 2.33. The summed E-state index contributed by atoms with van der Waals surface area (Å²) in [4.78, 5) is 23.7.